The SMILES string of the molecule is C/C=C\C=C(/CC(C)=O)C(=O)OCNC(=O)CCC/C=C\CO.CSCC(C)C. The Morgan fingerprint density at radius 1 is 1.21 bits per heavy atom. The van der Waals surface area contributed by atoms with E-state index in [1.807, 2.05) is 11.8 Å². The van der Waals surface area contributed by atoms with Crippen molar-refractivity contribution >= 4 is 29.4 Å². The van der Waals surface area contributed by atoms with Crippen molar-refractivity contribution < 1.29 is 24.2 Å². The summed E-state index contributed by atoms with van der Waals surface area (Å²) in [6.45, 7) is 7.42. The first-order valence-electron chi connectivity index (χ1n) is 9.78. The Kier molecular flexibility index (Phi) is 21.1. The number of hydrogen-bond donors (Lipinski definition) is 2. The molecular weight excluding hydrogens is 390 g/mol. The van der Waals surface area contributed by atoms with Crippen LogP contribution in [0.15, 0.2) is 36.0 Å². The average molecular weight is 428 g/mol. The van der Waals surface area contributed by atoms with Gasteiger partial charge in [-0.15, -0.1) is 0 Å². The molecule has 6 nitrogen and oxygen atoms in total. The highest BCUT2D eigenvalue weighted by Gasteiger charge is 2.12. The van der Waals surface area contributed by atoms with Gasteiger partial charge >= 0.3 is 5.97 Å². The maximum Gasteiger partial charge on any atom is 0.336 e. The zero-order chi connectivity index (χ0) is 22.5. The van der Waals surface area contributed by atoms with Gasteiger partial charge in [0.05, 0.1) is 6.61 Å². The molecule has 0 fully saturated rings. The van der Waals surface area contributed by atoms with Crippen LogP contribution in [0.4, 0.5) is 0 Å². The third kappa shape index (κ3) is 22.3. The first-order valence-corrected chi connectivity index (χ1v) is 11.2. The van der Waals surface area contributed by atoms with Gasteiger partial charge in [0.1, 0.15) is 5.78 Å². The van der Waals surface area contributed by atoms with Crippen LogP contribution in [-0.2, 0) is 19.1 Å². The van der Waals surface area contributed by atoms with E-state index in [4.69, 9.17) is 9.84 Å². The van der Waals surface area contributed by atoms with Crippen LogP contribution in [0.5, 0.6) is 0 Å². The predicted molar refractivity (Wildman–Crippen MR) is 121 cm³/mol. The molecule has 0 spiro atoms. The molecule has 1 amide bonds. The van der Waals surface area contributed by atoms with E-state index >= 15 is 0 Å². The van der Waals surface area contributed by atoms with Crippen LogP contribution >= 0.6 is 11.8 Å². The molecule has 29 heavy (non-hydrogen) atoms. The van der Waals surface area contributed by atoms with Crippen LogP contribution in [0.2, 0.25) is 0 Å². The summed E-state index contributed by atoms with van der Waals surface area (Å²) in [4.78, 5) is 34.5. The topological polar surface area (TPSA) is 92.7 Å². The van der Waals surface area contributed by atoms with E-state index < -0.39 is 5.97 Å². The Morgan fingerprint density at radius 3 is 2.38 bits per heavy atom. The van der Waals surface area contributed by atoms with Crippen molar-refractivity contribution in [2.45, 2.75) is 53.4 Å². The number of ketones is 1. The molecule has 166 valence electrons. The van der Waals surface area contributed by atoms with Gasteiger partial charge in [-0.25, -0.2) is 4.79 Å². The quantitative estimate of drug-likeness (QED) is 0.116. The summed E-state index contributed by atoms with van der Waals surface area (Å²) in [7, 11) is 0. The van der Waals surface area contributed by atoms with E-state index in [2.05, 4.69) is 25.4 Å². The monoisotopic (exact) mass is 427 g/mol. The zero-order valence-corrected chi connectivity index (χ0v) is 19.2. The molecule has 0 unspecified atom stereocenters. The molecule has 0 saturated heterocycles. The summed E-state index contributed by atoms with van der Waals surface area (Å²) >= 11 is 1.91. The number of ether oxygens (including phenoxy) is 1. The van der Waals surface area contributed by atoms with Gasteiger partial charge in [0, 0.05) is 18.4 Å². The number of hydrogen-bond acceptors (Lipinski definition) is 6. The van der Waals surface area contributed by atoms with Crippen molar-refractivity contribution in [2.24, 2.45) is 5.92 Å². The predicted octanol–water partition coefficient (Wildman–Crippen LogP) is 3.81. The average Bonchev–Trinajstić information content (AvgIpc) is 2.65. The minimum absolute atomic E-state index is 0.00564. The molecular formula is C22H37NO5S. The van der Waals surface area contributed by atoms with Gasteiger partial charge in [-0.1, -0.05) is 44.2 Å². The van der Waals surface area contributed by atoms with Crippen LogP contribution in [0.25, 0.3) is 0 Å². The molecule has 2 N–H and O–H groups in total. The largest absolute Gasteiger partial charge is 0.441 e. The van der Waals surface area contributed by atoms with Gasteiger partial charge in [-0.05, 0) is 44.6 Å². The number of allylic oxidation sites excluding steroid dienone is 4. The highest BCUT2D eigenvalue weighted by Crippen LogP contribution is 2.06. The summed E-state index contributed by atoms with van der Waals surface area (Å²) < 4.78 is 4.95. The maximum absolute atomic E-state index is 11.8. The number of carbonyl (C=O) groups is 3. The van der Waals surface area contributed by atoms with Gasteiger partial charge in [-0.3, -0.25) is 9.59 Å². The molecule has 0 aliphatic carbocycles. The highest BCUT2D eigenvalue weighted by atomic mass is 32.2. The summed E-state index contributed by atoms with van der Waals surface area (Å²) in [6, 6.07) is 0. The number of carbonyl (C=O) groups excluding carboxylic acids is 3. The first kappa shape index (κ1) is 29.3. The smallest absolute Gasteiger partial charge is 0.336 e. The van der Waals surface area contributed by atoms with Crippen molar-refractivity contribution in [3.05, 3.63) is 36.0 Å². The second-order valence-electron chi connectivity index (χ2n) is 6.67. The molecule has 0 bridgehead atoms. The number of thioether (sulfide) groups is 1. The molecule has 0 atom stereocenters. The standard InChI is InChI=1S/C17H25NO5.C5H12S/c1-3-4-9-15(12-14(2)20)17(22)23-13-18-16(21)10-7-5-6-8-11-19;1-5(2)4-6-3/h3-4,6,8-9,19H,5,7,10-13H2,1-2H3,(H,18,21);5H,4H2,1-3H3/b4-3-,8-6-,15-9+;. The van der Waals surface area contributed by atoms with E-state index in [1.54, 1.807) is 31.2 Å². The third-order valence-electron chi connectivity index (χ3n) is 3.21. The molecule has 0 aromatic rings. The summed E-state index contributed by atoms with van der Waals surface area (Å²) in [5.41, 5.74) is 0.249. The summed E-state index contributed by atoms with van der Waals surface area (Å²) in [5, 5.41) is 11.0. The summed E-state index contributed by atoms with van der Waals surface area (Å²) in [5.74, 6) is 1.17. The Hall–Kier alpha value is -1.86. The van der Waals surface area contributed by atoms with Crippen LogP contribution in [0, 0.1) is 5.92 Å². The Bertz CT molecular complexity index is 553. The van der Waals surface area contributed by atoms with Crippen LogP contribution < -0.4 is 5.32 Å². The Labute approximate surface area is 179 Å². The van der Waals surface area contributed by atoms with Crippen molar-refractivity contribution in [3.63, 3.8) is 0 Å². The van der Waals surface area contributed by atoms with E-state index in [-0.39, 0.29) is 37.0 Å². The molecule has 0 radical (unpaired) electrons. The van der Waals surface area contributed by atoms with Crippen LogP contribution in [-0.4, -0.2) is 48.1 Å². The third-order valence-corrected chi connectivity index (χ3v) is 4.21. The second kappa shape index (κ2) is 20.9. The number of rotatable bonds is 13. The second-order valence-corrected chi connectivity index (χ2v) is 7.58. The number of aliphatic hydroxyl groups excluding tert-OH is 1. The van der Waals surface area contributed by atoms with Crippen LogP contribution in [0.1, 0.15) is 53.4 Å². The molecule has 0 aromatic heterocycles. The number of unbranched alkanes of at least 4 members (excludes halogenated alkanes) is 1. The number of aliphatic hydroxyl groups is 1. The fraction of sp³-hybridized carbons (Fsp3) is 0.591. The van der Waals surface area contributed by atoms with Gasteiger partial charge in [-0.2, -0.15) is 11.8 Å². The minimum atomic E-state index is -0.621. The molecule has 0 aliphatic heterocycles. The van der Waals surface area contributed by atoms with Gasteiger partial charge in [0.15, 0.2) is 6.73 Å². The highest BCUT2D eigenvalue weighted by molar-refractivity contribution is 7.98. The maximum atomic E-state index is 11.8. The zero-order valence-electron chi connectivity index (χ0n) is 18.4. The molecule has 0 rings (SSSR count). The minimum Gasteiger partial charge on any atom is -0.441 e. The van der Waals surface area contributed by atoms with Crippen molar-refractivity contribution in [2.75, 3.05) is 25.3 Å². The molecule has 7 heteroatoms. The van der Waals surface area contributed by atoms with Gasteiger partial charge in [0.25, 0.3) is 0 Å². The lowest BCUT2D eigenvalue weighted by atomic mass is 10.1. The Morgan fingerprint density at radius 2 is 1.90 bits per heavy atom. The number of nitrogens with one attached hydrogen (secondary N) is 1. The lowest BCUT2D eigenvalue weighted by molar-refractivity contribution is -0.141. The van der Waals surface area contributed by atoms with E-state index in [0.717, 1.165) is 5.92 Å². The van der Waals surface area contributed by atoms with Crippen molar-refractivity contribution in [1.29, 1.82) is 0 Å². The lowest BCUT2D eigenvalue weighted by Crippen LogP contribution is -2.28. The molecule has 0 aliphatic rings. The number of amides is 1. The lowest BCUT2D eigenvalue weighted by Gasteiger charge is -2.08. The van der Waals surface area contributed by atoms with E-state index in [9.17, 15) is 14.4 Å². The van der Waals surface area contributed by atoms with Gasteiger partial charge in [0.2, 0.25) is 5.91 Å². The molecule has 0 heterocycles. The molecule has 0 aromatic carbocycles. The van der Waals surface area contributed by atoms with E-state index in [1.165, 1.54) is 18.8 Å². The number of esters is 1. The first-order chi connectivity index (χ1) is 13.8. The normalized spacial score (nSPS) is 11.5. The fourth-order valence-corrected chi connectivity index (χ4v) is 2.62. The van der Waals surface area contributed by atoms with Crippen molar-refractivity contribution in [3.8, 4) is 0 Å². The Balaban J connectivity index is 0. The summed E-state index contributed by atoms with van der Waals surface area (Å²) in [6.07, 6.45) is 12.1. The van der Waals surface area contributed by atoms with Gasteiger partial charge < -0.3 is 15.2 Å². The van der Waals surface area contributed by atoms with Crippen molar-refractivity contribution in [1.82, 2.24) is 5.32 Å². The fourth-order valence-electron chi connectivity index (χ4n) is 1.95. The number of Topliss-reactive ketones (excluding diaryl/α,β-unsaturated/α-hetero) is 1. The van der Waals surface area contributed by atoms with Crippen LogP contribution in [0.3, 0.4) is 0 Å². The van der Waals surface area contributed by atoms with E-state index in [0.29, 0.717) is 19.3 Å². The molecule has 0 saturated carbocycles.